The van der Waals surface area contributed by atoms with E-state index in [1.807, 2.05) is 12.1 Å². The van der Waals surface area contributed by atoms with Crippen molar-refractivity contribution in [1.82, 2.24) is 9.29 Å². The van der Waals surface area contributed by atoms with Crippen LogP contribution in [0.5, 0.6) is 0 Å². The molecule has 1 aromatic heterocycles. The Hall–Kier alpha value is -2.55. The highest BCUT2D eigenvalue weighted by molar-refractivity contribution is 7.89. The van der Waals surface area contributed by atoms with Crippen LogP contribution in [0, 0.1) is 11.8 Å². The first-order valence-corrected chi connectivity index (χ1v) is 13.6. The fourth-order valence-electron chi connectivity index (χ4n) is 4.90. The first-order chi connectivity index (χ1) is 15.8. The zero-order valence-electron chi connectivity index (χ0n) is 18.7. The maximum Gasteiger partial charge on any atom is 0.257 e. The largest absolute Gasteiger partial charge is 0.298 e. The van der Waals surface area contributed by atoms with Crippen LogP contribution >= 0.6 is 11.3 Å². The number of carbonyl (C=O) groups is 1. The molecule has 172 valence electrons. The van der Waals surface area contributed by atoms with Gasteiger partial charge in [-0.25, -0.2) is 13.4 Å². The number of piperidine rings is 1. The van der Waals surface area contributed by atoms with Crippen molar-refractivity contribution < 1.29 is 13.2 Å². The molecule has 1 aliphatic carbocycles. The lowest BCUT2D eigenvalue weighted by Gasteiger charge is -2.34. The average Bonchev–Trinajstić information content (AvgIpc) is 3.21. The van der Waals surface area contributed by atoms with Crippen LogP contribution in [0.15, 0.2) is 53.4 Å². The van der Waals surface area contributed by atoms with E-state index in [2.05, 4.69) is 36.3 Å². The van der Waals surface area contributed by atoms with Crippen LogP contribution in [0.2, 0.25) is 0 Å². The minimum absolute atomic E-state index is 0.224. The van der Waals surface area contributed by atoms with Gasteiger partial charge in [0.25, 0.3) is 5.91 Å². The summed E-state index contributed by atoms with van der Waals surface area (Å²) in [5.41, 5.74) is 3.76. The summed E-state index contributed by atoms with van der Waals surface area (Å²) in [5, 5.41) is 3.45. The monoisotopic (exact) mass is 481 g/mol. The van der Waals surface area contributed by atoms with Crippen molar-refractivity contribution in [1.29, 1.82) is 0 Å². The maximum absolute atomic E-state index is 13.1. The summed E-state index contributed by atoms with van der Waals surface area (Å²) in [4.78, 5) is 18.9. The lowest BCUT2D eigenvalue weighted by molar-refractivity contribution is 0.102. The van der Waals surface area contributed by atoms with Gasteiger partial charge in [0, 0.05) is 29.1 Å². The molecule has 1 aliphatic heterocycles. The van der Waals surface area contributed by atoms with Gasteiger partial charge in [-0.1, -0.05) is 38.1 Å². The summed E-state index contributed by atoms with van der Waals surface area (Å²) in [5.74, 6) is 0.382. The van der Waals surface area contributed by atoms with Crippen LogP contribution < -0.4 is 5.32 Å². The second-order valence-corrected chi connectivity index (χ2v) is 12.2. The van der Waals surface area contributed by atoms with E-state index in [0.29, 0.717) is 35.6 Å². The number of thiazole rings is 1. The third-order valence-electron chi connectivity index (χ3n) is 6.40. The number of hydrogen-bond acceptors (Lipinski definition) is 5. The fourth-order valence-corrected chi connectivity index (χ4v) is 7.55. The normalized spacial score (nSPS) is 20.7. The smallest absolute Gasteiger partial charge is 0.257 e. The molecule has 2 atom stereocenters. The van der Waals surface area contributed by atoms with E-state index in [1.165, 1.54) is 33.9 Å². The van der Waals surface area contributed by atoms with Crippen molar-refractivity contribution in [3.8, 4) is 11.3 Å². The van der Waals surface area contributed by atoms with Gasteiger partial charge >= 0.3 is 0 Å². The Bertz CT molecular complexity index is 1290. The third-order valence-corrected chi connectivity index (χ3v) is 9.28. The quantitative estimate of drug-likeness (QED) is 0.579. The van der Waals surface area contributed by atoms with Gasteiger partial charge in [0.05, 0.1) is 10.6 Å². The summed E-state index contributed by atoms with van der Waals surface area (Å²) in [6.45, 7) is 5.24. The Morgan fingerprint density at radius 1 is 1.03 bits per heavy atom. The van der Waals surface area contributed by atoms with Crippen molar-refractivity contribution in [2.75, 3.05) is 18.4 Å². The van der Waals surface area contributed by atoms with Crippen LogP contribution in [-0.2, 0) is 22.9 Å². The molecule has 2 unspecified atom stereocenters. The van der Waals surface area contributed by atoms with Gasteiger partial charge in [-0.15, -0.1) is 11.3 Å². The van der Waals surface area contributed by atoms with Gasteiger partial charge in [0.2, 0.25) is 10.0 Å². The SMILES string of the molecule is CC1CC(C)CN(S(=O)(=O)c2ccc(C(=O)Nc3nc4c(s3)CCc3ccccc3-4)cc2)C1. The van der Waals surface area contributed by atoms with E-state index in [9.17, 15) is 13.2 Å². The predicted octanol–water partition coefficient (Wildman–Crippen LogP) is 4.83. The van der Waals surface area contributed by atoms with E-state index < -0.39 is 10.0 Å². The molecule has 1 N–H and O–H groups in total. The van der Waals surface area contributed by atoms with Gasteiger partial charge in [-0.05, 0) is 60.9 Å². The van der Waals surface area contributed by atoms with E-state index in [-0.39, 0.29) is 10.8 Å². The number of nitrogens with zero attached hydrogens (tertiary/aromatic N) is 2. The Morgan fingerprint density at radius 2 is 1.73 bits per heavy atom. The minimum Gasteiger partial charge on any atom is -0.298 e. The van der Waals surface area contributed by atoms with Crippen LogP contribution in [0.3, 0.4) is 0 Å². The number of nitrogens with one attached hydrogen (secondary N) is 1. The molecule has 8 heteroatoms. The molecule has 0 radical (unpaired) electrons. The van der Waals surface area contributed by atoms with E-state index >= 15 is 0 Å². The lowest BCUT2D eigenvalue weighted by Crippen LogP contribution is -2.42. The molecule has 2 aromatic carbocycles. The molecule has 0 bridgehead atoms. The zero-order valence-corrected chi connectivity index (χ0v) is 20.4. The molecule has 0 saturated carbocycles. The summed E-state index contributed by atoms with van der Waals surface area (Å²) < 4.78 is 27.7. The van der Waals surface area contributed by atoms with Crippen LogP contribution in [0.25, 0.3) is 11.3 Å². The topological polar surface area (TPSA) is 79.4 Å². The number of hydrogen-bond donors (Lipinski definition) is 1. The van der Waals surface area contributed by atoms with Crippen molar-refractivity contribution in [3.05, 3.63) is 64.5 Å². The van der Waals surface area contributed by atoms with Crippen molar-refractivity contribution in [3.63, 3.8) is 0 Å². The second-order valence-electron chi connectivity index (χ2n) is 9.19. The Kier molecular flexibility index (Phi) is 5.84. The Balaban J connectivity index is 1.32. The molecule has 2 heterocycles. The molecule has 0 spiro atoms. The minimum atomic E-state index is -3.57. The summed E-state index contributed by atoms with van der Waals surface area (Å²) in [6, 6.07) is 14.4. The second kappa shape index (κ2) is 8.66. The molecule has 1 fully saturated rings. The first kappa shape index (κ1) is 22.3. The number of rotatable bonds is 4. The molecule has 6 nitrogen and oxygen atoms in total. The Labute approximate surface area is 198 Å². The van der Waals surface area contributed by atoms with Crippen LogP contribution in [0.4, 0.5) is 5.13 Å². The van der Waals surface area contributed by atoms with Gasteiger partial charge < -0.3 is 0 Å². The van der Waals surface area contributed by atoms with E-state index in [0.717, 1.165) is 30.5 Å². The van der Waals surface area contributed by atoms with E-state index in [4.69, 9.17) is 0 Å². The summed E-state index contributed by atoms with van der Waals surface area (Å²) in [6.07, 6.45) is 2.93. The number of fused-ring (bicyclic) bond motifs is 3. The van der Waals surface area contributed by atoms with Gasteiger partial charge in [-0.3, -0.25) is 10.1 Å². The van der Waals surface area contributed by atoms with Crippen molar-refractivity contribution in [2.45, 2.75) is 38.0 Å². The molecule has 2 aliphatic rings. The number of anilines is 1. The van der Waals surface area contributed by atoms with E-state index in [1.54, 1.807) is 16.4 Å². The number of sulfonamides is 1. The summed E-state index contributed by atoms with van der Waals surface area (Å²) >= 11 is 1.50. The van der Waals surface area contributed by atoms with Crippen molar-refractivity contribution >= 4 is 32.4 Å². The standard InChI is InChI=1S/C25H27N3O3S2/c1-16-13-17(2)15-28(14-16)33(30,31)20-10-7-19(8-11-20)24(29)27-25-26-23-21-6-4-3-5-18(21)9-12-22(23)32-25/h3-8,10-11,16-17H,9,12-15H2,1-2H3,(H,26,27,29). The third kappa shape index (κ3) is 4.35. The highest BCUT2D eigenvalue weighted by Crippen LogP contribution is 2.38. The Morgan fingerprint density at radius 3 is 2.45 bits per heavy atom. The first-order valence-electron chi connectivity index (χ1n) is 11.3. The molecule has 1 amide bonds. The zero-order chi connectivity index (χ0) is 23.2. The highest BCUT2D eigenvalue weighted by atomic mass is 32.2. The van der Waals surface area contributed by atoms with Gasteiger partial charge in [0.15, 0.2) is 5.13 Å². The van der Waals surface area contributed by atoms with Gasteiger partial charge in [-0.2, -0.15) is 4.31 Å². The number of aryl methyl sites for hydroxylation is 2. The molecular formula is C25H27N3O3S2. The summed E-state index contributed by atoms with van der Waals surface area (Å²) in [7, 11) is -3.57. The highest BCUT2D eigenvalue weighted by Gasteiger charge is 2.31. The van der Waals surface area contributed by atoms with Crippen molar-refractivity contribution in [2.24, 2.45) is 11.8 Å². The molecular weight excluding hydrogens is 454 g/mol. The molecule has 5 rings (SSSR count). The predicted molar refractivity (Wildman–Crippen MR) is 131 cm³/mol. The number of aromatic nitrogens is 1. The molecule has 3 aromatic rings. The number of carbonyl (C=O) groups excluding carboxylic acids is 1. The number of amides is 1. The van der Waals surface area contributed by atoms with Crippen LogP contribution in [-0.4, -0.2) is 36.7 Å². The molecule has 33 heavy (non-hydrogen) atoms. The van der Waals surface area contributed by atoms with Crippen LogP contribution in [0.1, 0.15) is 41.1 Å². The van der Waals surface area contributed by atoms with Gasteiger partial charge in [0.1, 0.15) is 0 Å². The maximum atomic E-state index is 13.1. The fraction of sp³-hybridized carbons (Fsp3) is 0.360. The number of benzene rings is 2. The molecule has 1 saturated heterocycles. The average molecular weight is 482 g/mol. The lowest BCUT2D eigenvalue weighted by atomic mass is 9.94.